The molecule has 2 heterocycles. The van der Waals surface area contributed by atoms with Crippen LogP contribution in [0, 0.1) is 0 Å². The second-order valence-corrected chi connectivity index (χ2v) is 4.99. The first-order valence-electron chi connectivity index (χ1n) is 6.69. The van der Waals surface area contributed by atoms with E-state index < -0.39 is 0 Å². The molecule has 0 spiro atoms. The molecule has 0 radical (unpaired) electrons. The highest BCUT2D eigenvalue weighted by Gasteiger charge is 2.30. The highest BCUT2D eigenvalue weighted by atomic mass is 16.5. The predicted octanol–water partition coefficient (Wildman–Crippen LogP) is 1.58. The standard InChI is InChI=1S/C14H23N3O/c1-3-13(15)14(11-5-4-7-16-9-11)17(2)12-6-8-18-10-12/h4-5,7,9,12-14H,3,6,8,10,15H2,1-2H3. The van der Waals surface area contributed by atoms with Gasteiger partial charge >= 0.3 is 0 Å². The molecule has 1 fully saturated rings. The second-order valence-electron chi connectivity index (χ2n) is 4.99. The lowest BCUT2D eigenvalue weighted by Crippen LogP contribution is -2.44. The summed E-state index contributed by atoms with van der Waals surface area (Å²) in [6, 6.07) is 4.89. The molecular formula is C14H23N3O. The molecule has 0 saturated carbocycles. The van der Waals surface area contributed by atoms with E-state index in [1.54, 1.807) is 6.20 Å². The zero-order chi connectivity index (χ0) is 13.0. The zero-order valence-corrected chi connectivity index (χ0v) is 11.2. The van der Waals surface area contributed by atoms with Gasteiger partial charge in [0.15, 0.2) is 0 Å². The average Bonchev–Trinajstić information content (AvgIpc) is 2.94. The monoisotopic (exact) mass is 249 g/mol. The molecule has 3 unspecified atom stereocenters. The Labute approximate surface area is 109 Å². The topological polar surface area (TPSA) is 51.4 Å². The Morgan fingerprint density at radius 3 is 3.00 bits per heavy atom. The van der Waals surface area contributed by atoms with Gasteiger partial charge in [-0.25, -0.2) is 0 Å². The van der Waals surface area contributed by atoms with Gasteiger partial charge < -0.3 is 10.5 Å². The summed E-state index contributed by atoms with van der Waals surface area (Å²) in [4.78, 5) is 6.58. The van der Waals surface area contributed by atoms with Crippen molar-refractivity contribution < 1.29 is 4.74 Å². The summed E-state index contributed by atoms with van der Waals surface area (Å²) in [6.45, 7) is 3.80. The summed E-state index contributed by atoms with van der Waals surface area (Å²) in [5.41, 5.74) is 7.50. The van der Waals surface area contributed by atoms with Crippen LogP contribution in [0.1, 0.15) is 31.4 Å². The smallest absolute Gasteiger partial charge is 0.0622 e. The van der Waals surface area contributed by atoms with Gasteiger partial charge in [0.25, 0.3) is 0 Å². The van der Waals surface area contributed by atoms with Crippen molar-refractivity contribution in [2.45, 2.75) is 37.9 Å². The largest absolute Gasteiger partial charge is 0.380 e. The van der Waals surface area contributed by atoms with E-state index in [4.69, 9.17) is 10.5 Å². The fourth-order valence-electron chi connectivity index (χ4n) is 2.63. The number of hydrogen-bond acceptors (Lipinski definition) is 4. The molecule has 2 rings (SSSR count). The minimum atomic E-state index is 0.125. The Morgan fingerprint density at radius 1 is 1.61 bits per heavy atom. The first-order valence-corrected chi connectivity index (χ1v) is 6.69. The maximum absolute atomic E-state index is 6.31. The molecule has 1 saturated heterocycles. The normalized spacial score (nSPS) is 23.2. The van der Waals surface area contributed by atoms with Gasteiger partial charge in [0.2, 0.25) is 0 Å². The minimum absolute atomic E-state index is 0.125. The van der Waals surface area contributed by atoms with Gasteiger partial charge in [0.05, 0.1) is 12.6 Å². The molecular weight excluding hydrogens is 226 g/mol. The van der Waals surface area contributed by atoms with Crippen molar-refractivity contribution in [2.75, 3.05) is 20.3 Å². The summed E-state index contributed by atoms with van der Waals surface area (Å²) >= 11 is 0. The van der Waals surface area contributed by atoms with Crippen molar-refractivity contribution in [1.82, 2.24) is 9.88 Å². The van der Waals surface area contributed by atoms with E-state index in [0.717, 1.165) is 26.1 Å². The summed E-state index contributed by atoms with van der Waals surface area (Å²) in [6.07, 6.45) is 5.77. The third-order valence-electron chi connectivity index (χ3n) is 3.82. The summed E-state index contributed by atoms with van der Waals surface area (Å²) in [5, 5.41) is 0. The fourth-order valence-corrected chi connectivity index (χ4v) is 2.63. The molecule has 1 aromatic rings. The van der Waals surface area contributed by atoms with E-state index in [-0.39, 0.29) is 12.1 Å². The highest BCUT2D eigenvalue weighted by molar-refractivity contribution is 5.16. The van der Waals surface area contributed by atoms with E-state index >= 15 is 0 Å². The van der Waals surface area contributed by atoms with Crippen LogP contribution in [0.5, 0.6) is 0 Å². The predicted molar refractivity (Wildman–Crippen MR) is 72.2 cm³/mol. The van der Waals surface area contributed by atoms with E-state index in [1.165, 1.54) is 5.56 Å². The molecule has 0 aromatic carbocycles. The first kappa shape index (κ1) is 13.5. The Kier molecular flexibility index (Phi) is 4.69. The van der Waals surface area contributed by atoms with Crippen LogP contribution < -0.4 is 5.73 Å². The quantitative estimate of drug-likeness (QED) is 0.861. The Morgan fingerprint density at radius 2 is 2.44 bits per heavy atom. The fraction of sp³-hybridized carbons (Fsp3) is 0.643. The molecule has 1 aromatic heterocycles. The number of nitrogens with zero attached hydrogens (tertiary/aromatic N) is 2. The van der Waals surface area contributed by atoms with Gasteiger partial charge in [-0.1, -0.05) is 13.0 Å². The Hall–Kier alpha value is -0.970. The molecule has 0 amide bonds. The Balaban J connectivity index is 2.19. The van der Waals surface area contributed by atoms with Crippen LogP contribution in [0.15, 0.2) is 24.5 Å². The Bertz CT molecular complexity index is 351. The number of likely N-dealkylation sites (N-methyl/N-ethyl adjacent to an activating group) is 1. The van der Waals surface area contributed by atoms with Crippen LogP contribution in [0.3, 0.4) is 0 Å². The van der Waals surface area contributed by atoms with E-state index in [2.05, 4.69) is 29.9 Å². The maximum Gasteiger partial charge on any atom is 0.0622 e. The molecule has 2 N–H and O–H groups in total. The maximum atomic E-state index is 6.31. The number of nitrogens with two attached hydrogens (primary N) is 1. The third-order valence-corrected chi connectivity index (χ3v) is 3.82. The average molecular weight is 249 g/mol. The number of ether oxygens (including phenoxy) is 1. The van der Waals surface area contributed by atoms with Crippen molar-refractivity contribution >= 4 is 0 Å². The third kappa shape index (κ3) is 2.88. The number of pyridine rings is 1. The van der Waals surface area contributed by atoms with Crippen LogP contribution >= 0.6 is 0 Å². The second kappa shape index (κ2) is 6.27. The van der Waals surface area contributed by atoms with Gasteiger partial charge in [-0.2, -0.15) is 0 Å². The highest BCUT2D eigenvalue weighted by Crippen LogP contribution is 2.27. The van der Waals surface area contributed by atoms with E-state index in [0.29, 0.717) is 6.04 Å². The molecule has 0 bridgehead atoms. The van der Waals surface area contributed by atoms with Crippen LogP contribution in [-0.2, 0) is 4.74 Å². The lowest BCUT2D eigenvalue weighted by Gasteiger charge is -2.36. The van der Waals surface area contributed by atoms with Crippen LogP contribution in [0.25, 0.3) is 0 Å². The van der Waals surface area contributed by atoms with Crippen molar-refractivity contribution in [3.05, 3.63) is 30.1 Å². The lowest BCUT2D eigenvalue weighted by atomic mass is 9.96. The molecule has 100 valence electrons. The number of rotatable bonds is 5. The zero-order valence-electron chi connectivity index (χ0n) is 11.2. The first-order chi connectivity index (χ1) is 8.74. The number of aromatic nitrogens is 1. The molecule has 0 aliphatic carbocycles. The van der Waals surface area contributed by atoms with Gasteiger partial charge in [0, 0.05) is 31.1 Å². The lowest BCUT2D eigenvalue weighted by molar-refractivity contribution is 0.119. The van der Waals surface area contributed by atoms with E-state index in [1.807, 2.05) is 12.3 Å². The molecule has 4 nitrogen and oxygen atoms in total. The van der Waals surface area contributed by atoms with Crippen LogP contribution in [0.2, 0.25) is 0 Å². The summed E-state index contributed by atoms with van der Waals surface area (Å²) in [7, 11) is 2.15. The van der Waals surface area contributed by atoms with Gasteiger partial charge in [0.1, 0.15) is 0 Å². The van der Waals surface area contributed by atoms with Gasteiger partial charge in [-0.05, 0) is 31.5 Å². The SMILES string of the molecule is CCC(N)C(c1cccnc1)N(C)C1CCOC1. The summed E-state index contributed by atoms with van der Waals surface area (Å²) in [5.74, 6) is 0. The molecule has 1 aliphatic rings. The van der Waals surface area contributed by atoms with Crippen molar-refractivity contribution in [2.24, 2.45) is 5.73 Å². The van der Waals surface area contributed by atoms with Crippen LogP contribution in [0.4, 0.5) is 0 Å². The van der Waals surface area contributed by atoms with Crippen molar-refractivity contribution in [3.63, 3.8) is 0 Å². The minimum Gasteiger partial charge on any atom is -0.380 e. The van der Waals surface area contributed by atoms with Crippen molar-refractivity contribution in [3.8, 4) is 0 Å². The van der Waals surface area contributed by atoms with Crippen molar-refractivity contribution in [1.29, 1.82) is 0 Å². The van der Waals surface area contributed by atoms with E-state index in [9.17, 15) is 0 Å². The summed E-state index contributed by atoms with van der Waals surface area (Å²) < 4.78 is 5.48. The molecule has 4 heteroatoms. The number of hydrogen-bond donors (Lipinski definition) is 1. The molecule has 18 heavy (non-hydrogen) atoms. The van der Waals surface area contributed by atoms with Gasteiger partial charge in [-0.15, -0.1) is 0 Å². The molecule has 1 aliphatic heterocycles. The molecule has 3 atom stereocenters. The van der Waals surface area contributed by atoms with Crippen LogP contribution in [-0.4, -0.2) is 42.2 Å². The van der Waals surface area contributed by atoms with Gasteiger partial charge in [-0.3, -0.25) is 9.88 Å².